The highest BCUT2D eigenvalue weighted by Crippen LogP contribution is 2.23. The molecule has 0 atom stereocenters. The van der Waals surface area contributed by atoms with Gasteiger partial charge in [0.15, 0.2) is 0 Å². The van der Waals surface area contributed by atoms with Crippen LogP contribution in [0.15, 0.2) is 46.9 Å². The van der Waals surface area contributed by atoms with Gasteiger partial charge in [0.05, 0.1) is 0 Å². The number of amides is 1. The Bertz CT molecular complexity index is 683. The van der Waals surface area contributed by atoms with Crippen LogP contribution in [0.1, 0.15) is 37.3 Å². The Hall–Kier alpha value is -1.81. The van der Waals surface area contributed by atoms with E-state index in [-0.39, 0.29) is 5.91 Å². The fourth-order valence-electron chi connectivity index (χ4n) is 2.37. The summed E-state index contributed by atoms with van der Waals surface area (Å²) in [6.45, 7) is 6.97. The fourth-order valence-corrected chi connectivity index (χ4v) is 2.75. The van der Waals surface area contributed by atoms with Crippen LogP contribution in [0, 0.1) is 6.92 Å². The number of aryl methyl sites for hydroxylation is 1. The standard InChI is InChI=1S/C19H23BrN2O/c1-13(2)16-6-4-5-7-18(16)21-11-10-19(23)22-15-9-8-14(3)17(20)12-15/h4-9,12-13,21H,10-11H2,1-3H3,(H,22,23). The molecule has 0 bridgehead atoms. The fraction of sp³-hybridized carbons (Fsp3) is 0.316. The van der Waals surface area contributed by atoms with E-state index in [1.54, 1.807) is 0 Å². The molecule has 4 heteroatoms. The van der Waals surface area contributed by atoms with Gasteiger partial charge in [-0.2, -0.15) is 0 Å². The normalized spacial score (nSPS) is 10.7. The van der Waals surface area contributed by atoms with Gasteiger partial charge in [-0.15, -0.1) is 0 Å². The van der Waals surface area contributed by atoms with E-state index >= 15 is 0 Å². The van der Waals surface area contributed by atoms with Crippen molar-refractivity contribution in [2.24, 2.45) is 0 Å². The number of benzene rings is 2. The van der Waals surface area contributed by atoms with E-state index in [9.17, 15) is 4.79 Å². The second-order valence-corrected chi connectivity index (χ2v) is 6.79. The average Bonchev–Trinajstić information content (AvgIpc) is 2.51. The van der Waals surface area contributed by atoms with Crippen molar-refractivity contribution in [2.45, 2.75) is 33.1 Å². The smallest absolute Gasteiger partial charge is 0.226 e. The minimum Gasteiger partial charge on any atom is -0.384 e. The highest BCUT2D eigenvalue weighted by Gasteiger charge is 2.07. The van der Waals surface area contributed by atoms with E-state index in [0.717, 1.165) is 21.4 Å². The van der Waals surface area contributed by atoms with Crippen LogP contribution in [0.2, 0.25) is 0 Å². The summed E-state index contributed by atoms with van der Waals surface area (Å²) in [5, 5.41) is 6.29. The van der Waals surface area contributed by atoms with Crippen LogP contribution in [0.25, 0.3) is 0 Å². The maximum atomic E-state index is 12.1. The summed E-state index contributed by atoms with van der Waals surface area (Å²) in [5.74, 6) is 0.465. The molecule has 0 spiro atoms. The largest absolute Gasteiger partial charge is 0.384 e. The zero-order chi connectivity index (χ0) is 16.8. The predicted octanol–water partition coefficient (Wildman–Crippen LogP) is 5.32. The minimum absolute atomic E-state index is 0.00952. The van der Waals surface area contributed by atoms with Gasteiger partial charge in [0.1, 0.15) is 0 Å². The maximum absolute atomic E-state index is 12.1. The number of rotatable bonds is 6. The molecule has 0 heterocycles. The number of anilines is 2. The van der Waals surface area contributed by atoms with E-state index in [4.69, 9.17) is 0 Å². The Kier molecular flexibility index (Phi) is 6.22. The molecule has 0 aliphatic rings. The number of nitrogens with one attached hydrogen (secondary N) is 2. The number of halogens is 1. The zero-order valence-electron chi connectivity index (χ0n) is 13.8. The topological polar surface area (TPSA) is 41.1 Å². The lowest BCUT2D eigenvalue weighted by atomic mass is 10.0. The van der Waals surface area contributed by atoms with Gasteiger partial charge in [0.25, 0.3) is 0 Å². The molecular weight excluding hydrogens is 352 g/mol. The monoisotopic (exact) mass is 374 g/mol. The van der Waals surface area contributed by atoms with Crippen molar-refractivity contribution in [3.05, 3.63) is 58.1 Å². The molecule has 0 aliphatic carbocycles. The lowest BCUT2D eigenvalue weighted by Crippen LogP contribution is -2.16. The molecule has 3 nitrogen and oxygen atoms in total. The molecule has 23 heavy (non-hydrogen) atoms. The Morgan fingerprint density at radius 1 is 1.17 bits per heavy atom. The van der Waals surface area contributed by atoms with Crippen LogP contribution in [-0.4, -0.2) is 12.5 Å². The van der Waals surface area contributed by atoms with E-state index in [1.807, 2.05) is 37.3 Å². The van der Waals surface area contributed by atoms with Gasteiger partial charge in [-0.3, -0.25) is 4.79 Å². The Labute approximate surface area is 146 Å². The lowest BCUT2D eigenvalue weighted by Gasteiger charge is -2.14. The number of carbonyl (C=O) groups excluding carboxylic acids is 1. The van der Waals surface area contributed by atoms with Crippen LogP contribution in [-0.2, 0) is 4.79 Å². The predicted molar refractivity (Wildman–Crippen MR) is 101 cm³/mol. The number of para-hydroxylation sites is 1. The van der Waals surface area contributed by atoms with Gasteiger partial charge < -0.3 is 10.6 Å². The molecule has 0 saturated carbocycles. The Balaban J connectivity index is 1.86. The molecule has 0 saturated heterocycles. The molecule has 122 valence electrons. The van der Waals surface area contributed by atoms with Gasteiger partial charge in [0, 0.05) is 28.8 Å². The van der Waals surface area contributed by atoms with E-state index in [0.29, 0.717) is 18.9 Å². The Morgan fingerprint density at radius 2 is 1.91 bits per heavy atom. The first-order valence-electron chi connectivity index (χ1n) is 7.86. The lowest BCUT2D eigenvalue weighted by molar-refractivity contribution is -0.115. The zero-order valence-corrected chi connectivity index (χ0v) is 15.4. The number of carbonyl (C=O) groups is 1. The summed E-state index contributed by atoms with van der Waals surface area (Å²) < 4.78 is 0.999. The molecule has 0 fully saturated rings. The number of hydrogen-bond donors (Lipinski definition) is 2. The van der Waals surface area contributed by atoms with Gasteiger partial charge in [-0.05, 0) is 42.2 Å². The van der Waals surface area contributed by atoms with Crippen molar-refractivity contribution in [1.82, 2.24) is 0 Å². The molecule has 0 unspecified atom stereocenters. The summed E-state index contributed by atoms with van der Waals surface area (Å²) in [7, 11) is 0. The molecule has 2 aromatic carbocycles. The van der Waals surface area contributed by atoms with Crippen molar-refractivity contribution in [3.8, 4) is 0 Å². The quantitative estimate of drug-likeness (QED) is 0.717. The van der Waals surface area contributed by atoms with E-state index in [2.05, 4.69) is 52.5 Å². The van der Waals surface area contributed by atoms with Gasteiger partial charge in [0.2, 0.25) is 5.91 Å². The van der Waals surface area contributed by atoms with Crippen molar-refractivity contribution in [3.63, 3.8) is 0 Å². The third kappa shape index (κ3) is 5.10. The molecule has 2 rings (SSSR count). The van der Waals surface area contributed by atoms with Gasteiger partial charge in [-0.25, -0.2) is 0 Å². The van der Waals surface area contributed by atoms with E-state index < -0.39 is 0 Å². The molecule has 0 aromatic heterocycles. The first-order valence-corrected chi connectivity index (χ1v) is 8.65. The number of hydrogen-bond acceptors (Lipinski definition) is 2. The summed E-state index contributed by atoms with van der Waals surface area (Å²) in [5.41, 5.74) is 4.34. The van der Waals surface area contributed by atoms with Crippen LogP contribution in [0.4, 0.5) is 11.4 Å². The molecule has 1 amide bonds. The summed E-state index contributed by atoms with van der Waals surface area (Å²) in [6.07, 6.45) is 0.428. The summed E-state index contributed by atoms with van der Waals surface area (Å²) in [4.78, 5) is 12.1. The van der Waals surface area contributed by atoms with Crippen LogP contribution in [0.5, 0.6) is 0 Å². The minimum atomic E-state index is 0.00952. The first-order chi connectivity index (χ1) is 11.0. The maximum Gasteiger partial charge on any atom is 0.226 e. The average molecular weight is 375 g/mol. The van der Waals surface area contributed by atoms with Crippen molar-refractivity contribution >= 4 is 33.2 Å². The summed E-state index contributed by atoms with van der Waals surface area (Å²) in [6, 6.07) is 14.1. The third-order valence-electron chi connectivity index (χ3n) is 3.71. The van der Waals surface area contributed by atoms with Crippen LogP contribution in [0.3, 0.4) is 0 Å². The first kappa shape index (κ1) is 17.5. The molecular formula is C19H23BrN2O. The Morgan fingerprint density at radius 3 is 2.61 bits per heavy atom. The van der Waals surface area contributed by atoms with Gasteiger partial charge >= 0.3 is 0 Å². The molecule has 2 aromatic rings. The highest BCUT2D eigenvalue weighted by atomic mass is 79.9. The van der Waals surface area contributed by atoms with Gasteiger partial charge in [-0.1, -0.05) is 54.0 Å². The van der Waals surface area contributed by atoms with Crippen molar-refractivity contribution < 1.29 is 4.79 Å². The molecule has 2 N–H and O–H groups in total. The second-order valence-electron chi connectivity index (χ2n) is 5.93. The molecule has 0 aliphatic heterocycles. The molecule has 0 radical (unpaired) electrons. The van der Waals surface area contributed by atoms with E-state index in [1.165, 1.54) is 5.56 Å². The summed E-state index contributed by atoms with van der Waals surface area (Å²) >= 11 is 3.48. The highest BCUT2D eigenvalue weighted by molar-refractivity contribution is 9.10. The third-order valence-corrected chi connectivity index (χ3v) is 4.56. The SMILES string of the molecule is Cc1ccc(NC(=O)CCNc2ccccc2C(C)C)cc1Br. The van der Waals surface area contributed by atoms with Crippen LogP contribution < -0.4 is 10.6 Å². The second kappa shape index (κ2) is 8.16. The van der Waals surface area contributed by atoms with Crippen LogP contribution >= 0.6 is 15.9 Å². The van der Waals surface area contributed by atoms with Crippen molar-refractivity contribution in [1.29, 1.82) is 0 Å². The van der Waals surface area contributed by atoms with Crippen molar-refractivity contribution in [2.75, 3.05) is 17.2 Å².